The lowest BCUT2D eigenvalue weighted by molar-refractivity contribution is -0.162. The molecule has 0 saturated heterocycles. The van der Waals surface area contributed by atoms with Gasteiger partial charge in [0.1, 0.15) is 0 Å². The van der Waals surface area contributed by atoms with Crippen LogP contribution in [0, 0.1) is 40.4 Å². The summed E-state index contributed by atoms with van der Waals surface area (Å²) in [6.45, 7) is 5.00. The number of aliphatic hydroxyl groups excluding tert-OH is 1. The van der Waals surface area contributed by atoms with Crippen molar-refractivity contribution in [2.24, 2.45) is 40.4 Å². The number of hydrogen-bond acceptors (Lipinski definition) is 4. The highest BCUT2D eigenvalue weighted by Crippen LogP contribution is 2.67. The minimum atomic E-state index is -0.0941. The van der Waals surface area contributed by atoms with Crippen LogP contribution >= 0.6 is 0 Å². The topological polar surface area (TPSA) is 58.6 Å². The molecule has 0 bridgehead atoms. The van der Waals surface area contributed by atoms with Crippen molar-refractivity contribution in [2.75, 3.05) is 7.11 Å². The first kappa shape index (κ1) is 22.2. The Morgan fingerprint density at radius 3 is 2.48 bits per heavy atom. The molecule has 5 fully saturated rings. The summed E-state index contributed by atoms with van der Waals surface area (Å²) in [5.41, 5.74) is 0.400. The molecule has 4 heteroatoms. The fourth-order valence-electron chi connectivity index (χ4n) is 9.68. The Kier molecular flexibility index (Phi) is 5.95. The Bertz CT molecular complexity index is 675. The smallest absolute Gasteiger partial charge is 0.309 e. The zero-order valence-corrected chi connectivity index (χ0v) is 20.1. The lowest BCUT2D eigenvalue weighted by Crippen LogP contribution is -2.63. The number of hydrogen-bond donors (Lipinski definition) is 2. The molecule has 5 rings (SSSR count). The lowest BCUT2D eigenvalue weighted by Gasteiger charge is -2.63. The van der Waals surface area contributed by atoms with Crippen LogP contribution in [0.4, 0.5) is 0 Å². The average Bonchev–Trinajstić information content (AvgIpc) is 3.11. The van der Waals surface area contributed by atoms with Gasteiger partial charge >= 0.3 is 5.97 Å². The predicted octanol–water partition coefficient (Wildman–Crippen LogP) is 5.08. The maximum atomic E-state index is 12.8. The Morgan fingerprint density at radius 1 is 0.968 bits per heavy atom. The predicted molar refractivity (Wildman–Crippen MR) is 122 cm³/mol. The number of carbonyl (C=O) groups is 1. The van der Waals surface area contributed by atoms with Gasteiger partial charge in [-0.15, -0.1) is 0 Å². The third-order valence-corrected chi connectivity index (χ3v) is 11.1. The molecule has 0 aromatic heterocycles. The third kappa shape index (κ3) is 3.59. The molecule has 0 aromatic carbocycles. The van der Waals surface area contributed by atoms with Crippen LogP contribution in [0.1, 0.15) is 97.3 Å². The number of aliphatic hydroxyl groups is 1. The van der Waals surface area contributed by atoms with Crippen LogP contribution in [0.2, 0.25) is 0 Å². The minimum Gasteiger partial charge on any atom is -0.469 e. The van der Waals surface area contributed by atoms with Crippen molar-refractivity contribution in [3.05, 3.63) is 0 Å². The number of methoxy groups -OCH3 is 1. The summed E-state index contributed by atoms with van der Waals surface area (Å²) < 4.78 is 5.30. The van der Waals surface area contributed by atoms with E-state index in [2.05, 4.69) is 19.2 Å². The molecule has 0 unspecified atom stereocenters. The van der Waals surface area contributed by atoms with Crippen LogP contribution in [0.25, 0.3) is 0 Å². The Balaban J connectivity index is 1.48. The highest BCUT2D eigenvalue weighted by atomic mass is 16.5. The number of nitrogens with one attached hydrogen (secondary N) is 1. The molecule has 0 amide bonds. The summed E-state index contributed by atoms with van der Waals surface area (Å²) in [7, 11) is 1.57. The molecule has 5 aliphatic carbocycles. The summed E-state index contributed by atoms with van der Waals surface area (Å²) in [6.07, 6.45) is 15.7. The van der Waals surface area contributed by atoms with E-state index in [1.54, 1.807) is 7.11 Å². The van der Waals surface area contributed by atoms with Crippen LogP contribution in [0.15, 0.2) is 0 Å². The number of rotatable bonds is 3. The van der Waals surface area contributed by atoms with Gasteiger partial charge in [0.25, 0.3) is 0 Å². The van der Waals surface area contributed by atoms with Crippen molar-refractivity contribution in [1.82, 2.24) is 5.32 Å². The van der Waals surface area contributed by atoms with Gasteiger partial charge < -0.3 is 15.2 Å². The molecular formula is C27H45NO3. The summed E-state index contributed by atoms with van der Waals surface area (Å²) in [5.74, 6) is 2.81. The van der Waals surface area contributed by atoms with Crippen molar-refractivity contribution in [3.63, 3.8) is 0 Å². The van der Waals surface area contributed by atoms with E-state index in [9.17, 15) is 9.90 Å². The molecule has 176 valence electrons. The summed E-state index contributed by atoms with van der Waals surface area (Å²) in [4.78, 5) is 12.8. The molecule has 0 aromatic rings. The van der Waals surface area contributed by atoms with E-state index < -0.39 is 0 Å². The highest BCUT2D eigenvalue weighted by molar-refractivity contribution is 5.74. The quantitative estimate of drug-likeness (QED) is 0.612. The maximum absolute atomic E-state index is 12.8. The molecule has 0 aliphatic heterocycles. The zero-order chi connectivity index (χ0) is 21.8. The number of ether oxygens (including phenoxy) is 1. The third-order valence-electron chi connectivity index (χ3n) is 11.1. The molecule has 9 atom stereocenters. The van der Waals surface area contributed by atoms with Crippen LogP contribution < -0.4 is 5.32 Å². The van der Waals surface area contributed by atoms with E-state index in [1.807, 2.05) is 0 Å². The summed E-state index contributed by atoms with van der Waals surface area (Å²) in [5, 5.41) is 14.7. The minimum absolute atomic E-state index is 0.0283. The van der Waals surface area contributed by atoms with E-state index in [1.165, 1.54) is 57.8 Å². The molecule has 2 N–H and O–H groups in total. The second kappa shape index (κ2) is 8.31. The molecule has 4 nitrogen and oxygen atoms in total. The fraction of sp³-hybridized carbons (Fsp3) is 0.963. The first-order chi connectivity index (χ1) is 14.9. The van der Waals surface area contributed by atoms with Crippen LogP contribution in [-0.4, -0.2) is 36.4 Å². The van der Waals surface area contributed by atoms with Gasteiger partial charge in [0.15, 0.2) is 0 Å². The van der Waals surface area contributed by atoms with Crippen molar-refractivity contribution >= 4 is 5.97 Å². The highest BCUT2D eigenvalue weighted by Gasteiger charge is 2.64. The van der Waals surface area contributed by atoms with Crippen LogP contribution in [0.3, 0.4) is 0 Å². The Morgan fingerprint density at radius 2 is 1.74 bits per heavy atom. The second-order valence-corrected chi connectivity index (χ2v) is 12.5. The fourth-order valence-corrected chi connectivity index (χ4v) is 9.68. The first-order valence-electron chi connectivity index (χ1n) is 13.4. The van der Waals surface area contributed by atoms with Gasteiger partial charge in [-0.2, -0.15) is 0 Å². The Labute approximate surface area is 189 Å². The van der Waals surface area contributed by atoms with Crippen molar-refractivity contribution in [3.8, 4) is 0 Å². The molecule has 0 heterocycles. The van der Waals surface area contributed by atoms with E-state index in [0.717, 1.165) is 25.7 Å². The summed E-state index contributed by atoms with van der Waals surface area (Å²) >= 11 is 0. The normalized spacial score (nSPS) is 50.3. The Hall–Kier alpha value is -0.610. The van der Waals surface area contributed by atoms with Gasteiger partial charge in [0.05, 0.1) is 19.1 Å². The molecule has 5 saturated carbocycles. The molecular weight excluding hydrogens is 386 g/mol. The maximum Gasteiger partial charge on any atom is 0.309 e. The van der Waals surface area contributed by atoms with Gasteiger partial charge in [-0.1, -0.05) is 33.1 Å². The van der Waals surface area contributed by atoms with E-state index in [-0.39, 0.29) is 23.4 Å². The van der Waals surface area contributed by atoms with Gasteiger partial charge in [-0.3, -0.25) is 4.79 Å². The monoisotopic (exact) mass is 431 g/mol. The lowest BCUT2D eigenvalue weighted by atomic mass is 9.43. The molecule has 5 aliphatic rings. The largest absolute Gasteiger partial charge is 0.469 e. The number of carbonyl (C=O) groups excluding carboxylic acids is 1. The van der Waals surface area contributed by atoms with Crippen LogP contribution in [0.5, 0.6) is 0 Å². The molecule has 0 spiro atoms. The van der Waals surface area contributed by atoms with Crippen molar-refractivity contribution in [2.45, 2.75) is 116 Å². The molecule has 31 heavy (non-hydrogen) atoms. The van der Waals surface area contributed by atoms with E-state index >= 15 is 0 Å². The van der Waals surface area contributed by atoms with E-state index in [4.69, 9.17) is 4.74 Å². The van der Waals surface area contributed by atoms with E-state index in [0.29, 0.717) is 41.2 Å². The number of fused-ring (bicyclic) bond motifs is 5. The second-order valence-electron chi connectivity index (χ2n) is 12.5. The zero-order valence-electron chi connectivity index (χ0n) is 20.1. The first-order valence-corrected chi connectivity index (χ1v) is 13.4. The SMILES string of the molecule is COC(=O)[C@H]1CC[C@H]2[C@@H]3CC[C@H]4C[C@@H](O)CC[C@]4(C)[C@H]3[C@H](NC3CCCCC3)C[C@]12C. The summed E-state index contributed by atoms with van der Waals surface area (Å²) in [6, 6.07) is 1.15. The van der Waals surface area contributed by atoms with Crippen molar-refractivity contribution in [1.29, 1.82) is 0 Å². The average molecular weight is 432 g/mol. The van der Waals surface area contributed by atoms with Gasteiger partial charge in [-0.05, 0) is 98.7 Å². The van der Waals surface area contributed by atoms with Gasteiger partial charge in [-0.25, -0.2) is 0 Å². The van der Waals surface area contributed by atoms with Crippen molar-refractivity contribution < 1.29 is 14.6 Å². The van der Waals surface area contributed by atoms with Gasteiger partial charge in [0.2, 0.25) is 0 Å². The molecule has 0 radical (unpaired) electrons. The van der Waals surface area contributed by atoms with Gasteiger partial charge in [0, 0.05) is 12.1 Å². The number of esters is 1. The van der Waals surface area contributed by atoms with Crippen LogP contribution in [-0.2, 0) is 9.53 Å². The standard InChI is InChI=1S/C27H45NO3/c1-26-14-13-19(29)15-17(26)9-10-20-21-11-12-22(25(30)31-3)27(21,2)16-23(24(20)26)28-18-7-5-4-6-8-18/h17-24,28-29H,4-16H2,1-3H3/t17-,19-,20-,21-,22+,23+,24+,26-,27-/m0/s1.